The number of hydrogen-bond donors (Lipinski definition) is 1. The Morgan fingerprint density at radius 2 is 2.15 bits per heavy atom. The average Bonchev–Trinajstić information content (AvgIpc) is 2.19. The van der Waals surface area contributed by atoms with Crippen molar-refractivity contribution in [3.05, 3.63) is 0 Å². The number of nitrogens with zero attached hydrogens (tertiary/aromatic N) is 1. The van der Waals surface area contributed by atoms with Gasteiger partial charge in [-0.25, -0.2) is 4.79 Å². The number of alkyl carbamates (subject to hydrolysis) is 1. The van der Waals surface area contributed by atoms with E-state index < -0.39 is 0 Å². The van der Waals surface area contributed by atoms with E-state index in [9.17, 15) is 4.79 Å². The minimum Gasteiger partial charge on any atom is -0.453 e. The lowest BCUT2D eigenvalue weighted by Gasteiger charge is -2.26. The van der Waals surface area contributed by atoms with Gasteiger partial charge in [0.15, 0.2) is 0 Å². The van der Waals surface area contributed by atoms with Crippen LogP contribution in [0.4, 0.5) is 4.79 Å². The highest BCUT2D eigenvalue weighted by molar-refractivity contribution is 5.66. The fourth-order valence-corrected chi connectivity index (χ4v) is 1.57. The molecule has 4 nitrogen and oxygen atoms in total. The molecule has 0 saturated carbocycles. The number of carbonyl (C=O) groups is 1. The van der Waals surface area contributed by atoms with E-state index in [0.717, 1.165) is 6.54 Å². The van der Waals surface area contributed by atoms with E-state index in [4.69, 9.17) is 0 Å². The Morgan fingerprint density at radius 1 is 1.46 bits per heavy atom. The molecule has 1 heterocycles. The van der Waals surface area contributed by atoms with Gasteiger partial charge in [-0.1, -0.05) is 6.42 Å². The molecule has 1 aliphatic heterocycles. The predicted molar refractivity (Wildman–Crippen MR) is 52.8 cm³/mol. The zero-order chi connectivity index (χ0) is 9.52. The standard InChI is InChI=1S/C9H18N2O2.H2/c1-13-9(12)10-5-8-11-6-3-2-4-7-11;/h2-8H2,1H3,(H,10,12);1H. The third-order valence-electron chi connectivity index (χ3n) is 2.33. The van der Waals surface area contributed by atoms with Crippen molar-refractivity contribution < 1.29 is 11.0 Å². The van der Waals surface area contributed by atoms with Crippen LogP contribution in [0.1, 0.15) is 20.7 Å². The predicted octanol–water partition coefficient (Wildman–Crippen LogP) is 1.07. The maximum Gasteiger partial charge on any atom is 0.406 e. The van der Waals surface area contributed by atoms with Gasteiger partial charge in [-0.15, -0.1) is 0 Å². The third-order valence-corrected chi connectivity index (χ3v) is 2.33. The number of nitrogens with one attached hydrogen (secondary N) is 1. The smallest absolute Gasteiger partial charge is 0.406 e. The van der Waals surface area contributed by atoms with E-state index >= 15 is 0 Å². The second-order valence-corrected chi connectivity index (χ2v) is 3.32. The van der Waals surface area contributed by atoms with Gasteiger partial charge in [0.2, 0.25) is 0 Å². The second kappa shape index (κ2) is 5.80. The first-order chi connectivity index (χ1) is 6.33. The highest BCUT2D eigenvalue weighted by Crippen LogP contribution is 2.07. The molecule has 1 amide bonds. The van der Waals surface area contributed by atoms with Gasteiger partial charge in [-0.3, -0.25) is 0 Å². The molecule has 78 valence electrons. The van der Waals surface area contributed by atoms with E-state index in [0.29, 0.717) is 6.54 Å². The summed E-state index contributed by atoms with van der Waals surface area (Å²) >= 11 is 0. The Labute approximate surface area is 80.7 Å². The van der Waals surface area contributed by atoms with Gasteiger partial charge in [0.05, 0.1) is 7.11 Å². The number of hydrogen-bond acceptors (Lipinski definition) is 3. The molecule has 1 fully saturated rings. The normalized spacial score (nSPS) is 18.2. The van der Waals surface area contributed by atoms with Gasteiger partial charge in [0.1, 0.15) is 0 Å². The molecule has 0 spiro atoms. The summed E-state index contributed by atoms with van der Waals surface area (Å²) in [5, 5.41) is 2.68. The average molecular weight is 188 g/mol. The lowest BCUT2D eigenvalue weighted by Crippen LogP contribution is -2.37. The number of likely N-dealkylation sites (tertiary alicyclic amines) is 1. The fourth-order valence-electron chi connectivity index (χ4n) is 1.57. The summed E-state index contributed by atoms with van der Waals surface area (Å²) in [7, 11) is 1.39. The van der Waals surface area contributed by atoms with Crippen molar-refractivity contribution in [3.8, 4) is 0 Å². The Kier molecular flexibility index (Phi) is 4.60. The molecule has 1 N–H and O–H groups in total. The summed E-state index contributed by atoms with van der Waals surface area (Å²) in [6.07, 6.45) is 3.59. The number of methoxy groups -OCH3 is 1. The van der Waals surface area contributed by atoms with E-state index in [1.165, 1.54) is 39.5 Å². The van der Waals surface area contributed by atoms with Gasteiger partial charge in [0, 0.05) is 14.5 Å². The summed E-state index contributed by atoms with van der Waals surface area (Å²) in [5.41, 5.74) is 0. The van der Waals surface area contributed by atoms with Crippen molar-refractivity contribution in [1.82, 2.24) is 10.2 Å². The number of piperidine rings is 1. The quantitative estimate of drug-likeness (QED) is 0.720. The Morgan fingerprint density at radius 3 is 2.77 bits per heavy atom. The highest BCUT2D eigenvalue weighted by atomic mass is 16.5. The van der Waals surface area contributed by atoms with Crippen molar-refractivity contribution in [3.63, 3.8) is 0 Å². The molecule has 1 rings (SSSR count). The van der Waals surface area contributed by atoms with Crippen molar-refractivity contribution in [2.24, 2.45) is 0 Å². The zero-order valence-corrected chi connectivity index (χ0v) is 8.21. The zero-order valence-electron chi connectivity index (χ0n) is 8.21. The molecular weight excluding hydrogens is 168 g/mol. The van der Waals surface area contributed by atoms with Crippen LogP contribution in [0, 0.1) is 0 Å². The van der Waals surface area contributed by atoms with Crippen LogP contribution >= 0.6 is 0 Å². The summed E-state index contributed by atoms with van der Waals surface area (Å²) in [4.78, 5) is 13.1. The second-order valence-electron chi connectivity index (χ2n) is 3.32. The lowest BCUT2D eigenvalue weighted by molar-refractivity contribution is 0.166. The van der Waals surface area contributed by atoms with E-state index in [-0.39, 0.29) is 7.52 Å². The Bertz CT molecular complexity index is 161. The van der Waals surface area contributed by atoms with Gasteiger partial charge in [0.25, 0.3) is 0 Å². The van der Waals surface area contributed by atoms with Crippen LogP contribution in [0.3, 0.4) is 0 Å². The van der Waals surface area contributed by atoms with Crippen LogP contribution in [0.25, 0.3) is 0 Å². The summed E-state index contributed by atoms with van der Waals surface area (Å²) in [6.45, 7) is 3.97. The number of amides is 1. The molecule has 0 atom stereocenters. The minimum absolute atomic E-state index is 0. The first-order valence-electron chi connectivity index (χ1n) is 4.87. The molecule has 4 heteroatoms. The van der Waals surface area contributed by atoms with Crippen molar-refractivity contribution in [2.75, 3.05) is 33.3 Å². The van der Waals surface area contributed by atoms with Gasteiger partial charge in [-0.05, 0) is 25.9 Å². The van der Waals surface area contributed by atoms with Crippen LogP contribution in [-0.2, 0) is 4.74 Å². The number of ether oxygens (including phenoxy) is 1. The fraction of sp³-hybridized carbons (Fsp3) is 0.889. The molecule has 0 aromatic rings. The van der Waals surface area contributed by atoms with Crippen LogP contribution < -0.4 is 5.32 Å². The van der Waals surface area contributed by atoms with Crippen LogP contribution in [0.15, 0.2) is 0 Å². The molecule has 0 aliphatic carbocycles. The Balaban J connectivity index is 0.00000169. The van der Waals surface area contributed by atoms with Crippen molar-refractivity contribution in [2.45, 2.75) is 19.3 Å². The largest absolute Gasteiger partial charge is 0.453 e. The van der Waals surface area contributed by atoms with Gasteiger partial charge in [-0.2, -0.15) is 0 Å². The molecular formula is C9H20N2O2. The molecule has 0 bridgehead atoms. The van der Waals surface area contributed by atoms with Crippen molar-refractivity contribution in [1.29, 1.82) is 0 Å². The summed E-state index contributed by atoms with van der Waals surface area (Å²) < 4.78 is 4.47. The number of carbonyl (C=O) groups excluding carboxylic acids is 1. The molecule has 0 aromatic carbocycles. The monoisotopic (exact) mass is 188 g/mol. The maximum absolute atomic E-state index is 10.7. The summed E-state index contributed by atoms with van der Waals surface area (Å²) in [5.74, 6) is 0. The Hall–Kier alpha value is -0.770. The van der Waals surface area contributed by atoms with Gasteiger partial charge >= 0.3 is 6.09 Å². The minimum atomic E-state index is -0.336. The maximum atomic E-state index is 10.7. The van der Waals surface area contributed by atoms with Crippen LogP contribution in [-0.4, -0.2) is 44.3 Å². The number of rotatable bonds is 3. The molecule has 0 unspecified atom stereocenters. The molecule has 13 heavy (non-hydrogen) atoms. The highest BCUT2D eigenvalue weighted by Gasteiger charge is 2.09. The SMILES string of the molecule is COC(=O)NCCN1CCCCC1.[HH]. The first kappa shape index (κ1) is 10.3. The van der Waals surface area contributed by atoms with E-state index in [1.54, 1.807) is 0 Å². The molecule has 0 aromatic heterocycles. The molecule has 1 saturated heterocycles. The first-order valence-corrected chi connectivity index (χ1v) is 4.87. The van der Waals surface area contributed by atoms with Gasteiger partial charge < -0.3 is 15.0 Å². The third kappa shape index (κ3) is 4.12. The molecule has 0 radical (unpaired) electrons. The van der Waals surface area contributed by atoms with E-state index in [1.807, 2.05) is 0 Å². The lowest BCUT2D eigenvalue weighted by atomic mass is 10.1. The van der Waals surface area contributed by atoms with Crippen LogP contribution in [0.2, 0.25) is 0 Å². The van der Waals surface area contributed by atoms with Crippen molar-refractivity contribution >= 4 is 6.09 Å². The van der Waals surface area contributed by atoms with Crippen LogP contribution in [0.5, 0.6) is 0 Å². The molecule has 1 aliphatic rings. The van der Waals surface area contributed by atoms with E-state index in [2.05, 4.69) is 15.0 Å². The summed E-state index contributed by atoms with van der Waals surface area (Å²) in [6, 6.07) is 0. The topological polar surface area (TPSA) is 41.6 Å².